The van der Waals surface area contributed by atoms with Crippen LogP contribution in [0.4, 0.5) is 5.69 Å². The van der Waals surface area contributed by atoms with Crippen LogP contribution in [0.2, 0.25) is 0 Å². The van der Waals surface area contributed by atoms with Gasteiger partial charge in [-0.05, 0) is 11.5 Å². The first-order chi connectivity index (χ1) is 6.50. The summed E-state index contributed by atoms with van der Waals surface area (Å²) in [4.78, 5) is 2.26. The van der Waals surface area contributed by atoms with E-state index >= 15 is 0 Å². The van der Waals surface area contributed by atoms with E-state index in [4.69, 9.17) is 0 Å². The number of hydrogen-bond donors (Lipinski definition) is 0. The Bertz CT molecular complexity index is 341. The summed E-state index contributed by atoms with van der Waals surface area (Å²) in [7, 11) is 2.12. The van der Waals surface area contributed by atoms with Crippen molar-refractivity contribution in [1.82, 2.24) is 10.2 Å². The van der Waals surface area contributed by atoms with E-state index in [9.17, 15) is 0 Å². The van der Waals surface area contributed by atoms with Gasteiger partial charge in [0.25, 0.3) is 0 Å². The molecule has 0 aliphatic carbocycles. The van der Waals surface area contributed by atoms with Crippen molar-refractivity contribution >= 4 is 5.69 Å². The van der Waals surface area contributed by atoms with E-state index in [1.807, 2.05) is 6.07 Å². The van der Waals surface area contributed by atoms with Gasteiger partial charge in [0.2, 0.25) is 0 Å². The minimum absolute atomic E-state index is 0.259. The quantitative estimate of drug-likeness (QED) is 0.628. The highest BCUT2D eigenvalue weighted by Gasteiger charge is 2.36. The summed E-state index contributed by atoms with van der Waals surface area (Å²) in [6, 6.07) is 2.05. The van der Waals surface area contributed by atoms with Gasteiger partial charge in [-0.1, -0.05) is 20.8 Å². The zero-order valence-electron chi connectivity index (χ0n) is 9.28. The number of anilines is 1. The van der Waals surface area contributed by atoms with Crippen LogP contribution in [0.5, 0.6) is 0 Å². The third kappa shape index (κ3) is 1.37. The molecule has 1 aromatic heterocycles. The highest BCUT2D eigenvalue weighted by atomic mass is 15.2. The Labute approximate surface area is 85.1 Å². The third-order valence-corrected chi connectivity index (χ3v) is 2.97. The molecular formula is C11H17N3. The molecule has 0 radical (unpaired) electrons. The van der Waals surface area contributed by atoms with Gasteiger partial charge >= 0.3 is 0 Å². The smallest absolute Gasteiger partial charge is 0.0917 e. The van der Waals surface area contributed by atoms with Gasteiger partial charge in [0.15, 0.2) is 0 Å². The second kappa shape index (κ2) is 2.94. The van der Waals surface area contributed by atoms with Crippen LogP contribution in [-0.2, 0) is 0 Å². The van der Waals surface area contributed by atoms with Crippen LogP contribution in [0.3, 0.4) is 0 Å². The molecule has 0 aromatic carbocycles. The van der Waals surface area contributed by atoms with E-state index in [1.165, 1.54) is 5.69 Å². The van der Waals surface area contributed by atoms with E-state index in [0.29, 0.717) is 5.92 Å². The zero-order chi connectivity index (χ0) is 10.3. The van der Waals surface area contributed by atoms with Crippen LogP contribution in [0, 0.1) is 5.41 Å². The standard InChI is InChI=1S/C11H17N3/c1-11(2,3)8-7-14(4)9-5-6-12-13-10(8)9/h5-6,8H,7H2,1-4H3. The van der Waals surface area contributed by atoms with Crippen molar-refractivity contribution in [2.75, 3.05) is 18.5 Å². The highest BCUT2D eigenvalue weighted by molar-refractivity contribution is 5.56. The summed E-state index contributed by atoms with van der Waals surface area (Å²) in [5.74, 6) is 0.496. The van der Waals surface area contributed by atoms with Crippen molar-refractivity contribution in [3.63, 3.8) is 0 Å². The van der Waals surface area contributed by atoms with E-state index in [1.54, 1.807) is 6.20 Å². The van der Waals surface area contributed by atoms with E-state index in [0.717, 1.165) is 12.2 Å². The maximum Gasteiger partial charge on any atom is 0.0917 e. The minimum atomic E-state index is 0.259. The molecule has 0 saturated carbocycles. The van der Waals surface area contributed by atoms with Crippen molar-refractivity contribution in [2.45, 2.75) is 26.7 Å². The molecule has 1 aliphatic rings. The van der Waals surface area contributed by atoms with E-state index < -0.39 is 0 Å². The SMILES string of the molecule is CN1CC(C(C)(C)C)c2nnccc21. The van der Waals surface area contributed by atoms with Gasteiger partial charge in [0.05, 0.1) is 17.6 Å². The van der Waals surface area contributed by atoms with Crippen LogP contribution in [0.25, 0.3) is 0 Å². The second-order valence-electron chi connectivity index (χ2n) is 5.10. The summed E-state index contributed by atoms with van der Waals surface area (Å²) >= 11 is 0. The molecule has 76 valence electrons. The highest BCUT2D eigenvalue weighted by Crippen LogP contribution is 2.43. The van der Waals surface area contributed by atoms with E-state index in [-0.39, 0.29) is 5.41 Å². The second-order valence-corrected chi connectivity index (χ2v) is 5.10. The van der Waals surface area contributed by atoms with Gasteiger partial charge in [0, 0.05) is 19.5 Å². The molecule has 14 heavy (non-hydrogen) atoms. The van der Waals surface area contributed by atoms with Gasteiger partial charge in [-0.15, -0.1) is 0 Å². The fourth-order valence-corrected chi connectivity index (χ4v) is 2.05. The third-order valence-electron chi connectivity index (χ3n) is 2.97. The first kappa shape index (κ1) is 9.44. The number of rotatable bonds is 0. The summed E-state index contributed by atoms with van der Waals surface area (Å²) in [6.07, 6.45) is 1.76. The number of nitrogens with zero attached hydrogens (tertiary/aromatic N) is 3. The predicted octanol–water partition coefficient (Wildman–Crippen LogP) is 2.06. The number of likely N-dealkylation sites (N-methyl/N-ethyl adjacent to an activating group) is 1. The van der Waals surface area contributed by atoms with Crippen LogP contribution in [-0.4, -0.2) is 23.8 Å². The molecule has 1 atom stereocenters. The Hall–Kier alpha value is -1.12. The molecule has 0 fully saturated rings. The fourth-order valence-electron chi connectivity index (χ4n) is 2.05. The molecule has 1 unspecified atom stereocenters. The maximum atomic E-state index is 4.27. The van der Waals surface area contributed by atoms with Crippen molar-refractivity contribution < 1.29 is 0 Å². The van der Waals surface area contributed by atoms with Gasteiger partial charge in [-0.25, -0.2) is 0 Å². The van der Waals surface area contributed by atoms with E-state index in [2.05, 4.69) is 42.9 Å². The molecule has 1 aliphatic heterocycles. The molecule has 0 spiro atoms. The lowest BCUT2D eigenvalue weighted by Gasteiger charge is -2.26. The number of hydrogen-bond acceptors (Lipinski definition) is 3. The molecule has 0 amide bonds. The average Bonchev–Trinajstić information content (AvgIpc) is 2.44. The molecule has 2 heterocycles. The van der Waals surface area contributed by atoms with Gasteiger partial charge in [0.1, 0.15) is 0 Å². The van der Waals surface area contributed by atoms with Crippen LogP contribution < -0.4 is 4.90 Å². The monoisotopic (exact) mass is 191 g/mol. The van der Waals surface area contributed by atoms with Crippen molar-refractivity contribution in [1.29, 1.82) is 0 Å². The lowest BCUT2D eigenvalue weighted by Crippen LogP contribution is -2.24. The van der Waals surface area contributed by atoms with Crippen molar-refractivity contribution in [2.24, 2.45) is 5.41 Å². The normalized spacial score (nSPS) is 21.1. The Kier molecular flexibility index (Phi) is 1.98. The molecule has 2 rings (SSSR count). The average molecular weight is 191 g/mol. The Morgan fingerprint density at radius 3 is 2.79 bits per heavy atom. The van der Waals surface area contributed by atoms with Gasteiger partial charge in [-0.2, -0.15) is 10.2 Å². The molecular weight excluding hydrogens is 174 g/mol. The lowest BCUT2D eigenvalue weighted by molar-refractivity contribution is 0.328. The molecule has 0 saturated heterocycles. The number of fused-ring (bicyclic) bond motifs is 1. The molecule has 1 aromatic rings. The lowest BCUT2D eigenvalue weighted by atomic mass is 9.80. The minimum Gasteiger partial charge on any atom is -0.372 e. The molecule has 0 N–H and O–H groups in total. The topological polar surface area (TPSA) is 29.0 Å². The van der Waals surface area contributed by atoms with Crippen molar-refractivity contribution in [3.05, 3.63) is 18.0 Å². The zero-order valence-corrected chi connectivity index (χ0v) is 9.28. The summed E-state index contributed by atoms with van der Waals surface area (Å²) in [5, 5.41) is 8.24. The van der Waals surface area contributed by atoms with Crippen LogP contribution in [0.15, 0.2) is 12.3 Å². The molecule has 0 bridgehead atoms. The number of aromatic nitrogens is 2. The van der Waals surface area contributed by atoms with Crippen molar-refractivity contribution in [3.8, 4) is 0 Å². The van der Waals surface area contributed by atoms with Gasteiger partial charge in [-0.3, -0.25) is 0 Å². The summed E-state index contributed by atoms with van der Waals surface area (Å²) in [6.45, 7) is 7.83. The Morgan fingerprint density at radius 2 is 2.14 bits per heavy atom. The Balaban J connectivity index is 2.44. The molecule has 3 nitrogen and oxygen atoms in total. The maximum absolute atomic E-state index is 4.27. The first-order valence-corrected chi connectivity index (χ1v) is 5.03. The van der Waals surface area contributed by atoms with Gasteiger partial charge < -0.3 is 4.90 Å². The predicted molar refractivity (Wildman–Crippen MR) is 57.5 cm³/mol. The van der Waals surface area contributed by atoms with Crippen LogP contribution >= 0.6 is 0 Å². The largest absolute Gasteiger partial charge is 0.372 e. The Morgan fingerprint density at radius 1 is 1.43 bits per heavy atom. The summed E-state index contributed by atoms with van der Waals surface area (Å²) in [5.41, 5.74) is 2.65. The van der Waals surface area contributed by atoms with Crippen LogP contribution in [0.1, 0.15) is 32.4 Å². The summed E-state index contributed by atoms with van der Waals surface area (Å²) < 4.78 is 0. The first-order valence-electron chi connectivity index (χ1n) is 5.03. The fraction of sp³-hybridized carbons (Fsp3) is 0.636. The molecule has 3 heteroatoms.